The minimum Gasteiger partial charge on any atom is -0.373 e. The summed E-state index contributed by atoms with van der Waals surface area (Å²) < 4.78 is 38.3. The van der Waals surface area contributed by atoms with E-state index in [1.165, 1.54) is 29.5 Å². The first kappa shape index (κ1) is 29.0. The summed E-state index contributed by atoms with van der Waals surface area (Å²) in [5.41, 5.74) is 2.64. The number of nitrogens with one attached hydrogen (secondary N) is 3. The van der Waals surface area contributed by atoms with Gasteiger partial charge in [-0.05, 0) is 43.2 Å². The van der Waals surface area contributed by atoms with E-state index in [2.05, 4.69) is 30.9 Å². The molecule has 1 fully saturated rings. The number of nitrogens with two attached hydrogens (primary N) is 1. The molecule has 0 aliphatic carbocycles. The molecule has 0 saturated carbocycles. The Labute approximate surface area is 245 Å². The normalized spacial score (nSPS) is 15.3. The number of carbonyl (C=O) groups is 2. The van der Waals surface area contributed by atoms with Gasteiger partial charge in [0.05, 0.1) is 21.7 Å². The summed E-state index contributed by atoms with van der Waals surface area (Å²) in [6.45, 7) is 2.19. The Kier molecular flexibility index (Phi) is 8.15. The molecular formula is C27H27FN8O4S2. The number of aryl methyl sites for hydroxylation is 1. The number of sulfonamides is 1. The van der Waals surface area contributed by atoms with Gasteiger partial charge in [-0.15, -0.1) is 0 Å². The molecule has 5 rings (SSSR count). The minimum absolute atomic E-state index is 0.0460. The van der Waals surface area contributed by atoms with E-state index in [4.69, 9.17) is 5.14 Å². The Balaban J connectivity index is 1.35. The van der Waals surface area contributed by atoms with Gasteiger partial charge in [-0.25, -0.2) is 32.9 Å². The zero-order valence-electron chi connectivity index (χ0n) is 22.6. The van der Waals surface area contributed by atoms with Gasteiger partial charge in [0.1, 0.15) is 11.7 Å². The number of imide groups is 1. The third-order valence-electron chi connectivity index (χ3n) is 6.48. The van der Waals surface area contributed by atoms with Gasteiger partial charge in [0.15, 0.2) is 10.9 Å². The van der Waals surface area contributed by atoms with Crippen LogP contribution < -0.4 is 26.0 Å². The lowest BCUT2D eigenvalue weighted by Crippen LogP contribution is -2.47. The maximum Gasteiger partial charge on any atom is 0.249 e. The van der Waals surface area contributed by atoms with E-state index >= 15 is 0 Å². The lowest BCUT2D eigenvalue weighted by molar-refractivity contribution is -0.133. The second-order valence-electron chi connectivity index (χ2n) is 9.66. The number of thiazole rings is 1. The topological polar surface area (TPSA) is 172 Å². The third kappa shape index (κ3) is 6.53. The Morgan fingerprint density at radius 2 is 1.95 bits per heavy atom. The highest BCUT2D eigenvalue weighted by atomic mass is 32.2. The zero-order valence-corrected chi connectivity index (χ0v) is 24.2. The van der Waals surface area contributed by atoms with Gasteiger partial charge < -0.3 is 15.5 Å². The molecule has 15 heteroatoms. The van der Waals surface area contributed by atoms with Crippen molar-refractivity contribution in [1.29, 1.82) is 0 Å². The van der Waals surface area contributed by atoms with Crippen molar-refractivity contribution in [2.45, 2.75) is 37.2 Å². The molecule has 3 heterocycles. The number of carbonyl (C=O) groups excluding carboxylic acids is 2. The van der Waals surface area contributed by atoms with Gasteiger partial charge in [0.25, 0.3) is 0 Å². The van der Waals surface area contributed by atoms with E-state index in [0.717, 1.165) is 17.4 Å². The first-order valence-electron chi connectivity index (χ1n) is 12.8. The van der Waals surface area contributed by atoms with Gasteiger partial charge in [-0.1, -0.05) is 35.6 Å². The van der Waals surface area contributed by atoms with E-state index in [1.807, 2.05) is 36.2 Å². The van der Waals surface area contributed by atoms with Crippen molar-refractivity contribution in [3.8, 4) is 10.6 Å². The van der Waals surface area contributed by atoms with Gasteiger partial charge in [-0.3, -0.25) is 14.9 Å². The van der Waals surface area contributed by atoms with Crippen molar-refractivity contribution in [3.63, 3.8) is 0 Å². The van der Waals surface area contributed by atoms with E-state index < -0.39 is 21.9 Å². The molecular weight excluding hydrogens is 583 g/mol. The van der Waals surface area contributed by atoms with Gasteiger partial charge >= 0.3 is 0 Å². The first-order valence-corrected chi connectivity index (χ1v) is 15.1. The van der Waals surface area contributed by atoms with Gasteiger partial charge in [-0.2, -0.15) is 0 Å². The molecule has 4 aromatic rings. The summed E-state index contributed by atoms with van der Waals surface area (Å²) in [5.74, 6) is -1.21. The summed E-state index contributed by atoms with van der Waals surface area (Å²) in [5, 5.41) is 14.3. The van der Waals surface area contributed by atoms with E-state index in [9.17, 15) is 22.4 Å². The predicted molar refractivity (Wildman–Crippen MR) is 157 cm³/mol. The van der Waals surface area contributed by atoms with Gasteiger partial charge in [0, 0.05) is 31.4 Å². The molecule has 1 unspecified atom stereocenters. The summed E-state index contributed by atoms with van der Waals surface area (Å²) in [6.07, 6.45) is 1.71. The largest absolute Gasteiger partial charge is 0.373 e. The van der Waals surface area contributed by atoms with Crippen molar-refractivity contribution in [2.75, 3.05) is 22.6 Å². The van der Waals surface area contributed by atoms with Crippen LogP contribution in [0, 0.1) is 12.7 Å². The molecule has 0 bridgehead atoms. The Hall–Kier alpha value is -4.47. The second kappa shape index (κ2) is 11.8. The average molecular weight is 611 g/mol. The number of primary sulfonamides is 1. The van der Waals surface area contributed by atoms with Gasteiger partial charge in [0.2, 0.25) is 27.8 Å². The number of para-hydroxylation sites is 1. The van der Waals surface area contributed by atoms with E-state index in [-0.39, 0.29) is 34.8 Å². The highest BCUT2D eigenvalue weighted by Crippen LogP contribution is 2.36. The van der Waals surface area contributed by atoms with Crippen molar-refractivity contribution < 1.29 is 22.4 Å². The number of halogens is 1. The first-order chi connectivity index (χ1) is 20.0. The lowest BCUT2D eigenvalue weighted by Gasteiger charge is -2.25. The molecule has 1 aliphatic heterocycles. The smallest absolute Gasteiger partial charge is 0.249 e. The number of amides is 2. The highest BCUT2D eigenvalue weighted by molar-refractivity contribution is 7.89. The fraction of sp³-hybridized carbons (Fsp3) is 0.222. The van der Waals surface area contributed by atoms with Crippen LogP contribution in [-0.2, 0) is 26.2 Å². The number of anilines is 4. The Morgan fingerprint density at radius 3 is 2.71 bits per heavy atom. The van der Waals surface area contributed by atoms with Crippen LogP contribution in [0.15, 0.2) is 59.6 Å². The fourth-order valence-electron chi connectivity index (χ4n) is 4.37. The lowest BCUT2D eigenvalue weighted by atomic mass is 10.0. The Morgan fingerprint density at radius 1 is 1.17 bits per heavy atom. The molecule has 5 N–H and O–H groups in total. The molecule has 0 spiro atoms. The number of nitrogens with zero attached hydrogens (tertiary/aromatic N) is 4. The predicted octanol–water partition coefficient (Wildman–Crippen LogP) is 3.29. The van der Waals surface area contributed by atoms with E-state index in [0.29, 0.717) is 34.4 Å². The molecule has 218 valence electrons. The monoisotopic (exact) mass is 610 g/mol. The molecule has 1 aliphatic rings. The number of aromatic nitrogens is 3. The van der Waals surface area contributed by atoms with Crippen molar-refractivity contribution in [3.05, 3.63) is 71.8 Å². The quantitative estimate of drug-likeness (QED) is 0.206. The average Bonchev–Trinajstić information content (AvgIpc) is 3.33. The molecule has 2 amide bonds. The minimum atomic E-state index is -3.91. The van der Waals surface area contributed by atoms with Crippen LogP contribution in [0.3, 0.4) is 0 Å². The summed E-state index contributed by atoms with van der Waals surface area (Å²) in [4.78, 5) is 39.1. The SMILES string of the molecule is Cc1nc(N(C)Cc2ccccc2NC2CCC(=O)NC2=O)sc1-c1nc(Nc2cccc(S(N)(=O)=O)c2)ncc1F. The van der Waals surface area contributed by atoms with Crippen LogP contribution in [0.25, 0.3) is 10.6 Å². The fourth-order valence-corrected chi connectivity index (χ4v) is 5.95. The number of benzene rings is 2. The van der Waals surface area contributed by atoms with Crippen molar-refractivity contribution in [1.82, 2.24) is 20.3 Å². The molecule has 12 nitrogen and oxygen atoms in total. The number of rotatable bonds is 9. The number of piperidine rings is 1. The molecule has 2 aromatic carbocycles. The third-order valence-corrected chi connectivity index (χ3v) is 8.67. The van der Waals surface area contributed by atoms with Crippen LogP contribution in [-0.4, -0.2) is 48.3 Å². The molecule has 1 atom stereocenters. The van der Waals surface area contributed by atoms with Crippen LogP contribution >= 0.6 is 11.3 Å². The van der Waals surface area contributed by atoms with Crippen LogP contribution in [0.4, 0.5) is 26.8 Å². The second-order valence-corrected chi connectivity index (χ2v) is 12.2. The van der Waals surface area contributed by atoms with E-state index in [1.54, 1.807) is 13.0 Å². The van der Waals surface area contributed by atoms with Crippen LogP contribution in [0.1, 0.15) is 24.1 Å². The highest BCUT2D eigenvalue weighted by Gasteiger charge is 2.27. The number of hydrogen-bond acceptors (Lipinski definition) is 11. The summed E-state index contributed by atoms with van der Waals surface area (Å²) in [6, 6.07) is 12.8. The molecule has 1 saturated heterocycles. The molecule has 0 radical (unpaired) electrons. The maximum absolute atomic E-state index is 14.9. The van der Waals surface area contributed by atoms with Crippen LogP contribution in [0.5, 0.6) is 0 Å². The summed E-state index contributed by atoms with van der Waals surface area (Å²) >= 11 is 1.26. The summed E-state index contributed by atoms with van der Waals surface area (Å²) in [7, 11) is -2.06. The van der Waals surface area contributed by atoms with Crippen molar-refractivity contribution in [2.24, 2.45) is 5.14 Å². The zero-order chi connectivity index (χ0) is 30.0. The Bertz CT molecular complexity index is 1780. The van der Waals surface area contributed by atoms with Crippen molar-refractivity contribution >= 4 is 55.6 Å². The molecule has 2 aromatic heterocycles. The maximum atomic E-state index is 14.9. The molecule has 42 heavy (non-hydrogen) atoms. The standard InChI is InChI=1S/C27H27FN8O4S2/c1-15-24(23-19(28)13-30-26(35-23)32-17-7-5-8-18(12-17)42(29,39)40)41-27(31-15)36(2)14-16-6-3-4-9-20(16)33-21-10-11-22(37)34-25(21)38/h3-9,12-13,21,33H,10-11,14H2,1-2H3,(H2,29,39,40)(H,30,32,35)(H,34,37,38). The number of hydrogen-bond donors (Lipinski definition) is 4. The van der Waals surface area contributed by atoms with Crippen LogP contribution in [0.2, 0.25) is 0 Å².